The van der Waals surface area contributed by atoms with Crippen molar-refractivity contribution in [1.29, 1.82) is 0 Å². The highest BCUT2D eigenvalue weighted by Crippen LogP contribution is 2.21. The lowest BCUT2D eigenvalue weighted by Gasteiger charge is -2.30. The van der Waals surface area contributed by atoms with Gasteiger partial charge in [0.05, 0.1) is 32.0 Å². The van der Waals surface area contributed by atoms with E-state index < -0.39 is 127 Å². The van der Waals surface area contributed by atoms with Crippen molar-refractivity contribution < 1.29 is 53.1 Å². The number of hydrogen-bond acceptors (Lipinski definition) is 13. The molecule has 0 saturated carbocycles. The number of hydrogen-bond donors (Lipinski definition) is 13. The lowest BCUT2D eigenvalue weighted by Crippen LogP contribution is -2.59. The molecule has 1 aliphatic rings. The van der Waals surface area contributed by atoms with Gasteiger partial charge < -0.3 is 74.7 Å². The van der Waals surface area contributed by atoms with Crippen LogP contribution in [-0.4, -0.2) is 160 Å². The van der Waals surface area contributed by atoms with Crippen molar-refractivity contribution in [1.82, 2.24) is 57.4 Å². The van der Waals surface area contributed by atoms with Crippen LogP contribution in [0.3, 0.4) is 0 Å². The van der Waals surface area contributed by atoms with Gasteiger partial charge in [0.1, 0.15) is 36.3 Å². The molecule has 72 heavy (non-hydrogen) atoms. The molecule has 1 fully saturated rings. The molecule has 0 aromatic carbocycles. The fraction of sp³-hybridized carbons (Fsp3) is 0.696. The maximum absolute atomic E-state index is 14.3. The van der Waals surface area contributed by atoms with E-state index in [4.69, 9.17) is 17.2 Å². The molecule has 0 spiro atoms. The smallest absolute Gasteiger partial charge is 0.326 e. The van der Waals surface area contributed by atoms with Crippen LogP contribution in [0.1, 0.15) is 106 Å². The monoisotopic (exact) mass is 1020 g/mol. The van der Waals surface area contributed by atoms with Crippen molar-refractivity contribution in [3.05, 3.63) is 18.2 Å². The Bertz CT molecular complexity index is 2030. The number of nitrogens with two attached hydrogens (primary N) is 3. The van der Waals surface area contributed by atoms with Crippen molar-refractivity contribution in [2.24, 2.45) is 45.9 Å². The summed E-state index contributed by atoms with van der Waals surface area (Å²) in [7, 11) is 0. The predicted molar refractivity (Wildman–Crippen MR) is 264 cm³/mol. The van der Waals surface area contributed by atoms with Gasteiger partial charge in [-0.05, 0) is 68.6 Å². The molecule has 26 heteroatoms. The van der Waals surface area contributed by atoms with Crippen LogP contribution >= 0.6 is 0 Å². The topological polar surface area (TPSA) is 410 Å². The molecule has 16 N–H and O–H groups in total. The quantitative estimate of drug-likeness (QED) is 0.0200. The van der Waals surface area contributed by atoms with Gasteiger partial charge in [-0.3, -0.25) is 48.1 Å². The number of rotatable bonds is 31. The van der Waals surface area contributed by atoms with Gasteiger partial charge in [0.2, 0.25) is 53.2 Å². The number of H-pyrrole nitrogens is 1. The van der Waals surface area contributed by atoms with E-state index in [1.165, 1.54) is 17.4 Å². The summed E-state index contributed by atoms with van der Waals surface area (Å²) in [5.74, 6) is -8.05. The zero-order valence-electron chi connectivity index (χ0n) is 42.8. The van der Waals surface area contributed by atoms with E-state index >= 15 is 0 Å². The van der Waals surface area contributed by atoms with E-state index in [1.54, 1.807) is 13.8 Å². The van der Waals surface area contributed by atoms with E-state index in [2.05, 4.69) is 57.5 Å². The lowest BCUT2D eigenvalue weighted by atomic mass is 9.99. The Morgan fingerprint density at radius 1 is 0.708 bits per heavy atom. The average Bonchev–Trinajstić information content (AvgIpc) is 4.01. The number of aromatic nitrogens is 2. The summed E-state index contributed by atoms with van der Waals surface area (Å²) in [5, 5.41) is 29.9. The fourth-order valence-electron chi connectivity index (χ4n) is 7.70. The number of carbonyl (C=O) groups is 10. The van der Waals surface area contributed by atoms with Crippen LogP contribution in [0, 0.1) is 23.7 Å². The first-order valence-electron chi connectivity index (χ1n) is 24.4. The standard InChI is InChI=1S/C46H79N15O11/c1-24(2)15-30(57-39(65)29(47)11-9-13-51-46(48)49)40(66)53-20-35(62)52-21-36(63)56-33(18-28-19-50-23-55-28)44(70)61-14-10-12-34(61)43(69)59-32(17-26(5)6)42(68)58-31(16-25(3)4)41(67)54-22-37(64)60-38(27(7)8)45(71)72/h19,23-27,29-34,38H,9-18,20-22,47H2,1-8H3,(H,50,55)(H,52,62)(H,53,66)(H,54,67)(H,56,63)(H,57,65)(H,58,68)(H,59,69)(H,60,64)(H,71,72)(H4,48,49,51)/t29-,30-,31-,32-,33-,34-,38-/m0/s1. The first-order chi connectivity index (χ1) is 33.8. The van der Waals surface area contributed by atoms with Crippen LogP contribution in [0.5, 0.6) is 0 Å². The highest BCUT2D eigenvalue weighted by Gasteiger charge is 2.40. The molecule has 1 aliphatic heterocycles. The van der Waals surface area contributed by atoms with Crippen molar-refractivity contribution in [3.63, 3.8) is 0 Å². The molecule has 1 saturated heterocycles. The minimum absolute atomic E-state index is 0.0227. The number of aliphatic imine (C=N–C) groups is 1. The van der Waals surface area contributed by atoms with Crippen LogP contribution in [-0.2, 0) is 54.4 Å². The molecule has 2 heterocycles. The van der Waals surface area contributed by atoms with Gasteiger partial charge in [0.15, 0.2) is 5.96 Å². The molecule has 7 atom stereocenters. The molecule has 0 radical (unpaired) electrons. The van der Waals surface area contributed by atoms with Crippen molar-refractivity contribution in [2.75, 3.05) is 32.7 Å². The summed E-state index contributed by atoms with van der Waals surface area (Å²) in [5.41, 5.74) is 17.1. The maximum atomic E-state index is 14.3. The largest absolute Gasteiger partial charge is 0.480 e. The second-order valence-corrected chi connectivity index (χ2v) is 19.6. The summed E-state index contributed by atoms with van der Waals surface area (Å²) in [6, 6.07) is -7.68. The van der Waals surface area contributed by atoms with E-state index in [1.807, 2.05) is 41.5 Å². The molecule has 9 amide bonds. The zero-order valence-corrected chi connectivity index (χ0v) is 42.8. The summed E-state index contributed by atoms with van der Waals surface area (Å²) in [6.07, 6.45) is 4.67. The molecule has 26 nitrogen and oxygen atoms in total. The highest BCUT2D eigenvalue weighted by atomic mass is 16.4. The van der Waals surface area contributed by atoms with Gasteiger partial charge in [-0.2, -0.15) is 0 Å². The number of aliphatic carboxylic acids is 1. The molecule has 404 valence electrons. The van der Waals surface area contributed by atoms with E-state index in [0.29, 0.717) is 18.5 Å². The number of guanidine groups is 1. The molecule has 0 bridgehead atoms. The van der Waals surface area contributed by atoms with Crippen LogP contribution in [0.25, 0.3) is 0 Å². The normalized spacial score (nSPS) is 15.8. The Morgan fingerprint density at radius 3 is 1.75 bits per heavy atom. The van der Waals surface area contributed by atoms with Crippen molar-refractivity contribution in [2.45, 2.75) is 149 Å². The minimum Gasteiger partial charge on any atom is -0.480 e. The van der Waals surface area contributed by atoms with Gasteiger partial charge >= 0.3 is 5.97 Å². The van der Waals surface area contributed by atoms with Gasteiger partial charge in [-0.25, -0.2) is 9.78 Å². The van der Waals surface area contributed by atoms with Gasteiger partial charge in [0, 0.05) is 31.4 Å². The Morgan fingerprint density at radius 2 is 1.24 bits per heavy atom. The first kappa shape index (κ1) is 61.3. The average molecular weight is 1020 g/mol. The third kappa shape index (κ3) is 22.5. The number of nitrogens with one attached hydrogen (secondary N) is 9. The van der Waals surface area contributed by atoms with E-state index in [9.17, 15) is 53.1 Å². The number of carboxylic acids is 1. The lowest BCUT2D eigenvalue weighted by molar-refractivity contribution is -0.143. The second-order valence-electron chi connectivity index (χ2n) is 19.6. The summed E-state index contributed by atoms with van der Waals surface area (Å²) in [6.45, 7) is 13.0. The first-order valence-corrected chi connectivity index (χ1v) is 24.4. The molecular weight excluding hydrogens is 939 g/mol. The number of amides is 9. The van der Waals surface area contributed by atoms with Gasteiger partial charge in [-0.15, -0.1) is 0 Å². The SMILES string of the molecule is CC(C)C[C@H](NC(=O)[C@H](CC(C)C)NC(=O)[C@@H]1CCCN1C(=O)[C@H](Cc1cnc[nH]1)NC(=O)CNC(=O)CNC(=O)[C@H](CC(C)C)NC(=O)[C@@H](N)CCCN=C(N)N)C(=O)NCC(=O)N[C@H](C(=O)O)C(C)C. The Balaban J connectivity index is 2.12. The second kappa shape index (κ2) is 30.8. The van der Waals surface area contributed by atoms with Crippen LogP contribution in [0.15, 0.2) is 17.5 Å². The van der Waals surface area contributed by atoms with Crippen LogP contribution < -0.4 is 59.7 Å². The van der Waals surface area contributed by atoms with Crippen molar-refractivity contribution in [3.8, 4) is 0 Å². The number of carbonyl (C=O) groups excluding carboxylic acids is 9. The Kier molecular flexibility index (Phi) is 26.2. The molecule has 2 rings (SSSR count). The van der Waals surface area contributed by atoms with Crippen LogP contribution in [0.4, 0.5) is 0 Å². The summed E-state index contributed by atoms with van der Waals surface area (Å²) >= 11 is 0. The molecule has 1 aromatic heterocycles. The number of carboxylic acid groups (broad SMARTS) is 1. The maximum Gasteiger partial charge on any atom is 0.326 e. The summed E-state index contributed by atoms with van der Waals surface area (Å²) in [4.78, 5) is 144. The number of nitrogens with zero attached hydrogens (tertiary/aromatic N) is 3. The molecule has 0 unspecified atom stereocenters. The van der Waals surface area contributed by atoms with E-state index in [-0.39, 0.29) is 75.3 Å². The Labute approximate surface area is 420 Å². The highest BCUT2D eigenvalue weighted by molar-refractivity contribution is 5.97. The number of likely N-dealkylation sites (tertiary alicyclic amines) is 1. The third-order valence-corrected chi connectivity index (χ3v) is 11.3. The minimum atomic E-state index is -1.24. The van der Waals surface area contributed by atoms with Gasteiger partial charge in [0.25, 0.3) is 0 Å². The predicted octanol–water partition coefficient (Wildman–Crippen LogP) is -3.02. The Hall–Kier alpha value is -6.86. The number of aromatic amines is 1. The fourth-order valence-corrected chi connectivity index (χ4v) is 7.70. The molecule has 0 aliphatic carbocycles. The summed E-state index contributed by atoms with van der Waals surface area (Å²) < 4.78 is 0. The zero-order chi connectivity index (χ0) is 54.2. The molecule has 1 aromatic rings. The van der Waals surface area contributed by atoms with Crippen LogP contribution in [0.2, 0.25) is 0 Å². The van der Waals surface area contributed by atoms with E-state index in [0.717, 1.165) is 0 Å². The molecular formula is C46H79N15O11. The van der Waals surface area contributed by atoms with Crippen molar-refractivity contribution >= 4 is 65.1 Å². The number of imidazole rings is 1. The third-order valence-electron chi connectivity index (χ3n) is 11.3. The van der Waals surface area contributed by atoms with Gasteiger partial charge in [-0.1, -0.05) is 55.4 Å².